The summed E-state index contributed by atoms with van der Waals surface area (Å²) in [5.41, 5.74) is 1.21. The van der Waals surface area contributed by atoms with Crippen molar-refractivity contribution in [3.63, 3.8) is 0 Å². The second-order valence-electron chi connectivity index (χ2n) is 7.48. The lowest BCUT2D eigenvalue weighted by atomic mass is 9.71. The molecule has 2 aliphatic heterocycles. The van der Waals surface area contributed by atoms with Gasteiger partial charge in [-0.1, -0.05) is 18.2 Å². The standard InChI is InChI=1S/C22H26N2O2/c25-21(24-16-12-22(13-17-24)10-14-23-15-11-22)18-6-8-20(9-7-18)26-19-4-2-1-3-5-19/h1-9,23H,10-17H2. The Morgan fingerprint density at radius 2 is 1.46 bits per heavy atom. The zero-order valence-electron chi connectivity index (χ0n) is 15.1. The first kappa shape index (κ1) is 17.1. The Bertz CT molecular complexity index is 726. The number of ether oxygens (including phenoxy) is 1. The van der Waals surface area contributed by atoms with Gasteiger partial charge in [0, 0.05) is 18.7 Å². The van der Waals surface area contributed by atoms with Crippen molar-refractivity contribution >= 4 is 5.91 Å². The summed E-state index contributed by atoms with van der Waals surface area (Å²) in [7, 11) is 0. The highest BCUT2D eigenvalue weighted by Gasteiger charge is 2.36. The van der Waals surface area contributed by atoms with Gasteiger partial charge in [-0.3, -0.25) is 4.79 Å². The average molecular weight is 350 g/mol. The van der Waals surface area contributed by atoms with E-state index in [1.54, 1.807) is 0 Å². The molecule has 2 aliphatic rings. The topological polar surface area (TPSA) is 41.6 Å². The summed E-state index contributed by atoms with van der Waals surface area (Å²) in [6.07, 6.45) is 4.77. The summed E-state index contributed by atoms with van der Waals surface area (Å²) < 4.78 is 5.80. The van der Waals surface area contributed by atoms with Crippen molar-refractivity contribution in [1.82, 2.24) is 10.2 Å². The van der Waals surface area contributed by atoms with Gasteiger partial charge in [0.15, 0.2) is 0 Å². The van der Waals surface area contributed by atoms with E-state index in [0.29, 0.717) is 5.41 Å². The molecule has 4 nitrogen and oxygen atoms in total. The lowest BCUT2D eigenvalue weighted by Crippen LogP contribution is -2.47. The normalized spacial score (nSPS) is 19.3. The summed E-state index contributed by atoms with van der Waals surface area (Å²) >= 11 is 0. The van der Waals surface area contributed by atoms with Gasteiger partial charge in [-0.05, 0) is 80.6 Å². The number of carbonyl (C=O) groups excluding carboxylic acids is 1. The van der Waals surface area contributed by atoms with Crippen molar-refractivity contribution in [2.75, 3.05) is 26.2 Å². The van der Waals surface area contributed by atoms with Crippen LogP contribution in [0.5, 0.6) is 11.5 Å². The van der Waals surface area contributed by atoms with Crippen molar-refractivity contribution in [3.8, 4) is 11.5 Å². The Kier molecular flexibility index (Phi) is 4.93. The fraction of sp³-hybridized carbons (Fsp3) is 0.409. The van der Waals surface area contributed by atoms with Gasteiger partial charge in [-0.25, -0.2) is 0 Å². The van der Waals surface area contributed by atoms with E-state index in [1.807, 2.05) is 59.5 Å². The predicted molar refractivity (Wildman–Crippen MR) is 103 cm³/mol. The van der Waals surface area contributed by atoms with Crippen LogP contribution in [0.4, 0.5) is 0 Å². The van der Waals surface area contributed by atoms with Crippen LogP contribution in [0, 0.1) is 5.41 Å². The van der Waals surface area contributed by atoms with Gasteiger partial charge in [0.25, 0.3) is 5.91 Å². The van der Waals surface area contributed by atoms with Crippen LogP contribution in [-0.4, -0.2) is 37.0 Å². The molecule has 2 aromatic rings. The Morgan fingerprint density at radius 3 is 2.12 bits per heavy atom. The van der Waals surface area contributed by atoms with Crippen molar-refractivity contribution in [2.45, 2.75) is 25.7 Å². The van der Waals surface area contributed by atoms with E-state index in [4.69, 9.17) is 4.74 Å². The van der Waals surface area contributed by atoms with Gasteiger partial charge in [0.1, 0.15) is 11.5 Å². The molecule has 2 aromatic carbocycles. The van der Waals surface area contributed by atoms with Crippen LogP contribution in [0.15, 0.2) is 54.6 Å². The van der Waals surface area contributed by atoms with Crippen LogP contribution < -0.4 is 10.1 Å². The SMILES string of the molecule is O=C(c1ccc(Oc2ccccc2)cc1)N1CCC2(CCNCC2)CC1. The zero-order valence-corrected chi connectivity index (χ0v) is 15.1. The molecule has 2 heterocycles. The largest absolute Gasteiger partial charge is 0.457 e. The summed E-state index contributed by atoms with van der Waals surface area (Å²) in [6.45, 7) is 4.00. The maximum atomic E-state index is 12.8. The number of carbonyl (C=O) groups is 1. The van der Waals surface area contributed by atoms with Gasteiger partial charge in [-0.2, -0.15) is 0 Å². The van der Waals surface area contributed by atoms with Gasteiger partial charge >= 0.3 is 0 Å². The van der Waals surface area contributed by atoms with Gasteiger partial charge in [-0.15, -0.1) is 0 Å². The second kappa shape index (κ2) is 7.50. The molecule has 0 unspecified atom stereocenters. The molecule has 4 heteroatoms. The summed E-state index contributed by atoms with van der Waals surface area (Å²) in [5.74, 6) is 1.69. The number of para-hydroxylation sites is 1. The first-order valence-corrected chi connectivity index (χ1v) is 9.57. The zero-order chi connectivity index (χ0) is 17.8. The number of likely N-dealkylation sites (tertiary alicyclic amines) is 1. The minimum Gasteiger partial charge on any atom is -0.457 e. The maximum absolute atomic E-state index is 12.8. The third kappa shape index (κ3) is 3.75. The lowest BCUT2D eigenvalue weighted by Gasteiger charge is -2.44. The molecule has 2 saturated heterocycles. The van der Waals surface area contributed by atoms with Gasteiger partial charge in [0.05, 0.1) is 0 Å². The number of benzene rings is 2. The fourth-order valence-electron chi connectivity index (χ4n) is 4.11. The third-order valence-corrected chi connectivity index (χ3v) is 5.86. The van der Waals surface area contributed by atoms with Crippen LogP contribution >= 0.6 is 0 Å². The quantitative estimate of drug-likeness (QED) is 0.907. The maximum Gasteiger partial charge on any atom is 0.253 e. The minimum absolute atomic E-state index is 0.139. The molecule has 136 valence electrons. The fourth-order valence-corrected chi connectivity index (χ4v) is 4.11. The molecule has 26 heavy (non-hydrogen) atoms. The summed E-state index contributed by atoms with van der Waals surface area (Å²) in [5, 5.41) is 3.45. The molecular weight excluding hydrogens is 324 g/mol. The molecule has 1 spiro atoms. The number of piperidine rings is 2. The monoisotopic (exact) mass is 350 g/mol. The Morgan fingerprint density at radius 1 is 0.846 bits per heavy atom. The van der Waals surface area contributed by atoms with Crippen LogP contribution in [0.3, 0.4) is 0 Å². The average Bonchev–Trinajstić information content (AvgIpc) is 2.70. The van der Waals surface area contributed by atoms with Crippen molar-refractivity contribution < 1.29 is 9.53 Å². The molecule has 1 N–H and O–H groups in total. The van der Waals surface area contributed by atoms with Crippen molar-refractivity contribution in [1.29, 1.82) is 0 Å². The Hall–Kier alpha value is -2.33. The highest BCUT2D eigenvalue weighted by atomic mass is 16.5. The molecule has 0 aromatic heterocycles. The highest BCUT2D eigenvalue weighted by molar-refractivity contribution is 5.94. The molecule has 2 fully saturated rings. The number of amides is 1. The number of nitrogens with zero attached hydrogens (tertiary/aromatic N) is 1. The number of nitrogens with one attached hydrogen (secondary N) is 1. The summed E-state index contributed by atoms with van der Waals surface area (Å²) in [4.78, 5) is 14.8. The van der Waals surface area contributed by atoms with E-state index in [2.05, 4.69) is 5.32 Å². The molecule has 4 rings (SSSR count). The first-order chi connectivity index (χ1) is 12.7. The van der Waals surface area contributed by atoms with Gasteiger partial charge < -0.3 is 15.0 Å². The second-order valence-corrected chi connectivity index (χ2v) is 7.48. The van der Waals surface area contributed by atoms with Gasteiger partial charge in [0.2, 0.25) is 0 Å². The Balaban J connectivity index is 1.36. The van der Waals surface area contributed by atoms with Crippen LogP contribution in [-0.2, 0) is 0 Å². The van der Waals surface area contributed by atoms with E-state index in [9.17, 15) is 4.79 Å². The molecule has 0 radical (unpaired) electrons. The highest BCUT2D eigenvalue weighted by Crippen LogP contribution is 2.39. The Labute approximate surface area is 155 Å². The number of hydrogen-bond acceptors (Lipinski definition) is 3. The molecule has 0 aliphatic carbocycles. The lowest BCUT2D eigenvalue weighted by molar-refractivity contribution is 0.0495. The number of rotatable bonds is 3. The van der Waals surface area contributed by atoms with Crippen LogP contribution in [0.2, 0.25) is 0 Å². The molecule has 1 amide bonds. The van der Waals surface area contributed by atoms with E-state index >= 15 is 0 Å². The van der Waals surface area contributed by atoms with E-state index in [0.717, 1.165) is 56.1 Å². The van der Waals surface area contributed by atoms with Crippen molar-refractivity contribution in [2.24, 2.45) is 5.41 Å². The third-order valence-electron chi connectivity index (χ3n) is 5.86. The molecule has 0 atom stereocenters. The predicted octanol–water partition coefficient (Wildman–Crippen LogP) is 4.08. The smallest absolute Gasteiger partial charge is 0.253 e. The summed E-state index contributed by atoms with van der Waals surface area (Å²) in [6, 6.07) is 17.2. The van der Waals surface area contributed by atoms with Crippen molar-refractivity contribution in [3.05, 3.63) is 60.2 Å². The van der Waals surface area contributed by atoms with E-state index < -0.39 is 0 Å². The molecular formula is C22H26N2O2. The minimum atomic E-state index is 0.139. The number of hydrogen-bond donors (Lipinski definition) is 1. The molecule has 0 bridgehead atoms. The van der Waals surface area contributed by atoms with E-state index in [1.165, 1.54) is 12.8 Å². The first-order valence-electron chi connectivity index (χ1n) is 9.57. The van der Waals surface area contributed by atoms with Crippen LogP contribution in [0.25, 0.3) is 0 Å². The molecule has 0 saturated carbocycles. The van der Waals surface area contributed by atoms with Crippen LogP contribution in [0.1, 0.15) is 36.0 Å². The van der Waals surface area contributed by atoms with E-state index in [-0.39, 0.29) is 5.91 Å².